The van der Waals surface area contributed by atoms with Crippen LogP contribution in [0.5, 0.6) is 0 Å². The van der Waals surface area contributed by atoms with Crippen molar-refractivity contribution in [1.82, 2.24) is 4.98 Å². The number of nitrogens with zero attached hydrogens (tertiary/aromatic N) is 1. The molecule has 0 radical (unpaired) electrons. The average molecular weight is 301 g/mol. The summed E-state index contributed by atoms with van der Waals surface area (Å²) >= 11 is 0. The van der Waals surface area contributed by atoms with E-state index >= 15 is 0 Å². The van der Waals surface area contributed by atoms with Crippen LogP contribution in [0.4, 0.5) is 4.39 Å². The first kappa shape index (κ1) is 13.6. The van der Waals surface area contributed by atoms with Crippen LogP contribution in [0.1, 0.15) is 29.6 Å². The number of aromatic nitrogens is 1. The number of benzene rings is 1. The molecule has 1 aromatic carbocycles. The molecule has 2 fully saturated rings. The fraction of sp³-hybridized carbons (Fsp3) is 0.412. The van der Waals surface area contributed by atoms with Gasteiger partial charge in [0.2, 0.25) is 0 Å². The lowest BCUT2D eigenvalue weighted by atomic mass is 9.99. The Morgan fingerprint density at radius 3 is 2.95 bits per heavy atom. The third kappa shape index (κ3) is 2.35. The SMILES string of the molecule is O=C(OC1(C2CCOC2)CC1)c1cnc2ccc(F)cc2c1. The molecular weight excluding hydrogens is 285 g/mol. The summed E-state index contributed by atoms with van der Waals surface area (Å²) in [4.78, 5) is 16.6. The number of carbonyl (C=O) groups excluding carboxylic acids is 1. The fourth-order valence-corrected chi connectivity index (χ4v) is 3.12. The third-order valence-electron chi connectivity index (χ3n) is 4.59. The second-order valence-electron chi connectivity index (χ2n) is 6.08. The van der Waals surface area contributed by atoms with Gasteiger partial charge < -0.3 is 9.47 Å². The van der Waals surface area contributed by atoms with Crippen LogP contribution in [0, 0.1) is 11.7 Å². The van der Waals surface area contributed by atoms with E-state index in [1.54, 1.807) is 12.1 Å². The molecule has 114 valence electrons. The molecule has 2 heterocycles. The zero-order valence-electron chi connectivity index (χ0n) is 12.0. The number of halogens is 1. The van der Waals surface area contributed by atoms with Crippen LogP contribution in [0.15, 0.2) is 30.5 Å². The highest BCUT2D eigenvalue weighted by molar-refractivity contribution is 5.94. The Kier molecular flexibility index (Phi) is 3.11. The molecule has 0 amide bonds. The predicted octanol–water partition coefficient (Wildman–Crippen LogP) is 3.10. The Morgan fingerprint density at radius 2 is 2.23 bits per heavy atom. The highest BCUT2D eigenvalue weighted by atomic mass is 19.1. The molecule has 1 aliphatic heterocycles. The zero-order chi connectivity index (χ0) is 15.2. The molecule has 0 spiro atoms. The molecule has 1 saturated heterocycles. The predicted molar refractivity (Wildman–Crippen MR) is 78.0 cm³/mol. The van der Waals surface area contributed by atoms with Crippen LogP contribution in [-0.2, 0) is 9.47 Å². The fourth-order valence-electron chi connectivity index (χ4n) is 3.12. The minimum absolute atomic E-state index is 0.294. The quantitative estimate of drug-likeness (QED) is 0.817. The number of hydrogen-bond acceptors (Lipinski definition) is 4. The number of carbonyl (C=O) groups is 1. The second-order valence-corrected chi connectivity index (χ2v) is 6.08. The van der Waals surface area contributed by atoms with E-state index < -0.39 is 0 Å². The first-order valence-corrected chi connectivity index (χ1v) is 7.53. The van der Waals surface area contributed by atoms with Crippen molar-refractivity contribution in [3.63, 3.8) is 0 Å². The summed E-state index contributed by atoms with van der Waals surface area (Å²) in [5, 5.41) is 0.600. The normalized spacial score (nSPS) is 22.7. The highest BCUT2D eigenvalue weighted by Crippen LogP contribution is 2.49. The molecule has 0 bridgehead atoms. The van der Waals surface area contributed by atoms with Crippen LogP contribution in [0.2, 0.25) is 0 Å². The standard InChI is InChI=1S/C17H16FNO3/c18-14-1-2-15-11(8-14)7-12(9-19-15)16(20)22-17(4-5-17)13-3-6-21-10-13/h1-2,7-9,13H,3-6,10H2. The van der Waals surface area contributed by atoms with E-state index in [4.69, 9.17) is 9.47 Å². The smallest absolute Gasteiger partial charge is 0.340 e. The number of pyridine rings is 1. The Morgan fingerprint density at radius 1 is 1.36 bits per heavy atom. The molecule has 1 atom stereocenters. The maximum atomic E-state index is 13.3. The van der Waals surface area contributed by atoms with Gasteiger partial charge in [-0.25, -0.2) is 9.18 Å². The maximum Gasteiger partial charge on any atom is 0.340 e. The average Bonchev–Trinajstić information content (AvgIpc) is 3.08. The Labute approximate surface area is 127 Å². The highest BCUT2D eigenvalue weighted by Gasteiger charge is 2.54. The van der Waals surface area contributed by atoms with Gasteiger partial charge in [-0.15, -0.1) is 0 Å². The number of fused-ring (bicyclic) bond motifs is 1. The lowest BCUT2D eigenvalue weighted by molar-refractivity contribution is 0.000813. The molecular formula is C17H16FNO3. The van der Waals surface area contributed by atoms with Crippen molar-refractivity contribution in [3.8, 4) is 0 Å². The summed E-state index contributed by atoms with van der Waals surface area (Å²) in [6.07, 6.45) is 4.21. The summed E-state index contributed by atoms with van der Waals surface area (Å²) in [6.45, 7) is 1.40. The molecule has 4 rings (SSSR count). The Bertz CT molecular complexity index is 736. The van der Waals surface area contributed by atoms with E-state index in [9.17, 15) is 9.18 Å². The van der Waals surface area contributed by atoms with Crippen LogP contribution in [0.3, 0.4) is 0 Å². The van der Waals surface area contributed by atoms with Gasteiger partial charge in [-0.1, -0.05) is 0 Å². The van der Waals surface area contributed by atoms with Crippen molar-refractivity contribution in [2.75, 3.05) is 13.2 Å². The van der Waals surface area contributed by atoms with Gasteiger partial charge in [-0.3, -0.25) is 4.98 Å². The lowest BCUT2D eigenvalue weighted by Gasteiger charge is -2.22. The van der Waals surface area contributed by atoms with Crippen LogP contribution < -0.4 is 0 Å². The van der Waals surface area contributed by atoms with Crippen molar-refractivity contribution in [2.45, 2.75) is 24.9 Å². The van der Waals surface area contributed by atoms with Gasteiger partial charge in [0.1, 0.15) is 11.4 Å². The van der Waals surface area contributed by atoms with E-state index in [0.29, 0.717) is 29.0 Å². The van der Waals surface area contributed by atoms with Crippen LogP contribution in [-0.4, -0.2) is 29.8 Å². The van der Waals surface area contributed by atoms with Crippen molar-refractivity contribution in [3.05, 3.63) is 41.8 Å². The molecule has 2 aromatic rings. The molecule has 5 heteroatoms. The first-order chi connectivity index (χ1) is 10.7. The van der Waals surface area contributed by atoms with E-state index in [1.807, 2.05) is 0 Å². The van der Waals surface area contributed by atoms with Gasteiger partial charge >= 0.3 is 5.97 Å². The summed E-state index contributed by atoms with van der Waals surface area (Å²) in [6, 6.07) is 5.95. The minimum Gasteiger partial charge on any atom is -0.455 e. The first-order valence-electron chi connectivity index (χ1n) is 7.53. The van der Waals surface area contributed by atoms with Gasteiger partial charge in [0, 0.05) is 24.1 Å². The van der Waals surface area contributed by atoms with E-state index in [1.165, 1.54) is 18.3 Å². The topological polar surface area (TPSA) is 48.4 Å². The third-order valence-corrected chi connectivity index (χ3v) is 4.59. The Balaban J connectivity index is 1.57. The van der Waals surface area contributed by atoms with Crippen LogP contribution in [0.25, 0.3) is 10.9 Å². The molecule has 1 saturated carbocycles. The van der Waals surface area contributed by atoms with E-state index in [-0.39, 0.29) is 17.4 Å². The second kappa shape index (κ2) is 5.02. The van der Waals surface area contributed by atoms with Crippen molar-refractivity contribution in [1.29, 1.82) is 0 Å². The van der Waals surface area contributed by atoms with Gasteiger partial charge in [0.25, 0.3) is 0 Å². The number of hydrogen-bond donors (Lipinski definition) is 0. The monoisotopic (exact) mass is 301 g/mol. The maximum absolute atomic E-state index is 13.3. The summed E-state index contributed by atoms with van der Waals surface area (Å²) in [5.74, 6) is -0.438. The van der Waals surface area contributed by atoms with Gasteiger partial charge in [-0.2, -0.15) is 0 Å². The van der Waals surface area contributed by atoms with Crippen molar-refractivity contribution >= 4 is 16.9 Å². The number of esters is 1. The van der Waals surface area contributed by atoms with Crippen molar-refractivity contribution < 1.29 is 18.7 Å². The lowest BCUT2D eigenvalue weighted by Crippen LogP contribution is -2.29. The molecule has 4 nitrogen and oxygen atoms in total. The molecule has 22 heavy (non-hydrogen) atoms. The van der Waals surface area contributed by atoms with E-state index in [2.05, 4.69) is 4.98 Å². The minimum atomic E-state index is -0.386. The van der Waals surface area contributed by atoms with E-state index in [0.717, 1.165) is 25.9 Å². The number of ether oxygens (including phenoxy) is 2. The van der Waals surface area contributed by atoms with Gasteiger partial charge in [0.15, 0.2) is 0 Å². The molecule has 2 aliphatic rings. The van der Waals surface area contributed by atoms with Gasteiger partial charge in [-0.05, 0) is 43.5 Å². The number of rotatable bonds is 3. The zero-order valence-corrected chi connectivity index (χ0v) is 12.0. The Hall–Kier alpha value is -2.01. The molecule has 1 aliphatic carbocycles. The molecule has 1 aromatic heterocycles. The summed E-state index contributed by atoms with van der Waals surface area (Å²) in [7, 11) is 0. The van der Waals surface area contributed by atoms with Crippen LogP contribution >= 0.6 is 0 Å². The summed E-state index contributed by atoms with van der Waals surface area (Å²) in [5.41, 5.74) is 0.663. The molecule has 1 unspecified atom stereocenters. The molecule has 0 N–H and O–H groups in total. The van der Waals surface area contributed by atoms with Gasteiger partial charge in [0.05, 0.1) is 17.7 Å². The largest absolute Gasteiger partial charge is 0.455 e. The van der Waals surface area contributed by atoms with Crippen molar-refractivity contribution in [2.24, 2.45) is 5.92 Å². The summed E-state index contributed by atoms with van der Waals surface area (Å²) < 4.78 is 24.4.